The number of carbonyl (C=O) groups is 1. The third-order valence-electron chi connectivity index (χ3n) is 7.89. The van der Waals surface area contributed by atoms with Crippen LogP contribution >= 0.6 is 11.6 Å². The highest BCUT2D eigenvalue weighted by atomic mass is 35.5. The molecule has 2 aromatic carbocycles. The topological polar surface area (TPSA) is 137 Å². The SMILES string of the molecule is O=C(Nc1ccc(F)c(F)c1)c1ccc(Cl)c(S(=O)(=O)[C@H]2CC3CC(C2)[C@]3(O)C(O)C(O)c2cccnc2)c1. The first kappa shape index (κ1) is 27.6. The summed E-state index contributed by atoms with van der Waals surface area (Å²) in [4.78, 5) is 16.4. The van der Waals surface area contributed by atoms with E-state index in [1.54, 1.807) is 12.1 Å². The van der Waals surface area contributed by atoms with Crippen molar-refractivity contribution in [3.63, 3.8) is 0 Å². The van der Waals surface area contributed by atoms with Crippen LogP contribution in [0.15, 0.2) is 65.8 Å². The van der Waals surface area contributed by atoms with E-state index in [2.05, 4.69) is 10.3 Å². The Kier molecular flexibility index (Phi) is 7.23. The summed E-state index contributed by atoms with van der Waals surface area (Å²) < 4.78 is 53.9. The fourth-order valence-corrected chi connectivity index (χ4v) is 8.14. The summed E-state index contributed by atoms with van der Waals surface area (Å²) in [5.41, 5.74) is -1.41. The average molecular weight is 579 g/mol. The van der Waals surface area contributed by atoms with Crippen molar-refractivity contribution in [3.05, 3.63) is 88.7 Å². The van der Waals surface area contributed by atoms with Gasteiger partial charge < -0.3 is 20.6 Å². The molecule has 6 rings (SSSR count). The minimum absolute atomic E-state index is 0.0167. The Morgan fingerprint density at radius 1 is 1.05 bits per heavy atom. The second-order valence-electron chi connectivity index (χ2n) is 10.1. The lowest BCUT2D eigenvalue weighted by molar-refractivity contribution is -0.252. The summed E-state index contributed by atoms with van der Waals surface area (Å²) in [5, 5.41) is 34.2. The van der Waals surface area contributed by atoms with Crippen molar-refractivity contribution in [2.24, 2.45) is 11.8 Å². The Bertz CT molecular complexity index is 1510. The Labute approximate surface area is 228 Å². The molecule has 3 aliphatic carbocycles. The fourth-order valence-electron chi connectivity index (χ4n) is 5.74. The molecule has 1 heterocycles. The van der Waals surface area contributed by atoms with Gasteiger partial charge in [0.1, 0.15) is 12.2 Å². The zero-order valence-electron chi connectivity index (χ0n) is 20.3. The Morgan fingerprint density at radius 2 is 1.77 bits per heavy atom. The normalized spacial score (nSPS) is 25.8. The molecule has 1 amide bonds. The number of halogens is 3. The molecular formula is C27H25ClF2N2O6S. The van der Waals surface area contributed by atoms with E-state index in [4.69, 9.17) is 11.6 Å². The predicted molar refractivity (Wildman–Crippen MR) is 138 cm³/mol. The molecule has 8 nitrogen and oxygen atoms in total. The van der Waals surface area contributed by atoms with Crippen LogP contribution in [0.2, 0.25) is 5.02 Å². The summed E-state index contributed by atoms with van der Waals surface area (Å²) in [6.45, 7) is 0. The van der Waals surface area contributed by atoms with Crippen LogP contribution in [0.25, 0.3) is 0 Å². The molecule has 3 fully saturated rings. The van der Waals surface area contributed by atoms with Gasteiger partial charge in [0.2, 0.25) is 0 Å². The molecule has 1 aromatic heterocycles. The number of anilines is 1. The number of aliphatic hydroxyl groups is 3. The lowest BCUT2D eigenvalue weighted by atomic mass is 9.51. The van der Waals surface area contributed by atoms with Gasteiger partial charge >= 0.3 is 0 Å². The number of carbonyl (C=O) groups excluding carboxylic acids is 1. The van der Waals surface area contributed by atoms with Crippen LogP contribution in [0, 0.1) is 23.5 Å². The second kappa shape index (κ2) is 10.2. The Hall–Kier alpha value is -2.96. The van der Waals surface area contributed by atoms with Gasteiger partial charge in [-0.15, -0.1) is 0 Å². The molecule has 2 bridgehead atoms. The number of hydrogen-bond acceptors (Lipinski definition) is 7. The summed E-state index contributed by atoms with van der Waals surface area (Å²) in [6, 6.07) is 9.69. The van der Waals surface area contributed by atoms with E-state index in [9.17, 15) is 37.3 Å². The smallest absolute Gasteiger partial charge is 0.255 e. The number of benzene rings is 2. The van der Waals surface area contributed by atoms with Crippen LogP contribution in [-0.2, 0) is 9.84 Å². The monoisotopic (exact) mass is 578 g/mol. The van der Waals surface area contributed by atoms with Crippen LogP contribution < -0.4 is 5.32 Å². The summed E-state index contributed by atoms with van der Waals surface area (Å²) in [7, 11) is -4.07. The van der Waals surface area contributed by atoms with Crippen LogP contribution in [0.3, 0.4) is 0 Å². The number of fused-ring (bicyclic) bond motifs is 2. The number of pyridine rings is 1. The largest absolute Gasteiger partial charge is 0.387 e. The maximum Gasteiger partial charge on any atom is 0.255 e. The third kappa shape index (κ3) is 4.82. The predicted octanol–water partition coefficient (Wildman–Crippen LogP) is 3.66. The minimum Gasteiger partial charge on any atom is -0.387 e. The second-order valence-corrected chi connectivity index (χ2v) is 12.7. The zero-order valence-corrected chi connectivity index (χ0v) is 21.9. The maximum atomic E-state index is 13.6. The van der Waals surface area contributed by atoms with Crippen LogP contribution in [0.1, 0.15) is 41.3 Å². The number of aromatic nitrogens is 1. The molecule has 206 valence electrons. The van der Waals surface area contributed by atoms with Gasteiger partial charge in [0, 0.05) is 35.3 Å². The van der Waals surface area contributed by atoms with Crippen molar-refractivity contribution in [2.75, 3.05) is 5.32 Å². The van der Waals surface area contributed by atoms with E-state index >= 15 is 0 Å². The lowest BCUT2D eigenvalue weighted by Gasteiger charge is -2.60. The van der Waals surface area contributed by atoms with Gasteiger partial charge in [0.05, 0.1) is 20.8 Å². The van der Waals surface area contributed by atoms with Crippen molar-refractivity contribution >= 4 is 33.0 Å². The van der Waals surface area contributed by atoms with Gasteiger partial charge in [0.25, 0.3) is 5.91 Å². The molecule has 4 N–H and O–H groups in total. The van der Waals surface area contributed by atoms with E-state index in [-0.39, 0.29) is 34.0 Å². The molecule has 4 unspecified atom stereocenters. The summed E-state index contributed by atoms with van der Waals surface area (Å²) in [5.74, 6) is -4.15. The van der Waals surface area contributed by atoms with E-state index in [1.807, 2.05) is 0 Å². The molecule has 0 saturated heterocycles. The first-order chi connectivity index (χ1) is 18.4. The van der Waals surface area contributed by atoms with E-state index in [0.717, 1.165) is 18.2 Å². The minimum atomic E-state index is -4.07. The summed E-state index contributed by atoms with van der Waals surface area (Å²) >= 11 is 6.24. The Morgan fingerprint density at radius 3 is 2.41 bits per heavy atom. The molecule has 4 atom stereocenters. The zero-order chi connectivity index (χ0) is 28.1. The first-order valence-electron chi connectivity index (χ1n) is 12.2. The van der Waals surface area contributed by atoms with Crippen molar-refractivity contribution in [3.8, 4) is 0 Å². The quantitative estimate of drug-likeness (QED) is 0.336. The first-order valence-corrected chi connectivity index (χ1v) is 14.1. The highest BCUT2D eigenvalue weighted by Crippen LogP contribution is 2.58. The molecule has 0 aliphatic heterocycles. The fraction of sp³-hybridized carbons (Fsp3) is 0.333. The number of rotatable bonds is 7. The molecule has 12 heteroatoms. The molecule has 0 spiro atoms. The van der Waals surface area contributed by atoms with Gasteiger partial charge in [-0.1, -0.05) is 17.7 Å². The number of sulfone groups is 1. The van der Waals surface area contributed by atoms with Gasteiger partial charge in [-0.05, 0) is 67.5 Å². The number of nitrogens with zero attached hydrogens (tertiary/aromatic N) is 1. The molecular weight excluding hydrogens is 554 g/mol. The highest BCUT2D eigenvalue weighted by Gasteiger charge is 2.64. The van der Waals surface area contributed by atoms with Gasteiger partial charge in [-0.3, -0.25) is 9.78 Å². The van der Waals surface area contributed by atoms with Crippen LogP contribution in [0.5, 0.6) is 0 Å². The standard InChI is InChI=1S/C27H25ClF2N2O6S/c28-20-5-3-14(26(35)32-18-4-6-21(29)22(30)12-18)8-23(20)39(37,38)19-10-16-9-17(11-19)27(16,36)25(34)24(33)15-2-1-7-31-13-15/h1-8,12-13,16-17,19,24-25,33-34,36H,9-11H2,(H,32,35)/t16?,17?,19-,24?,25?,27-. The number of aliphatic hydroxyl groups excluding tert-OH is 2. The number of hydrogen-bond donors (Lipinski definition) is 4. The van der Waals surface area contributed by atoms with Gasteiger partial charge in [-0.2, -0.15) is 0 Å². The lowest BCUT2D eigenvalue weighted by Crippen LogP contribution is -2.68. The molecule has 0 radical (unpaired) electrons. The van der Waals surface area contributed by atoms with Crippen LogP contribution in [0.4, 0.5) is 14.5 Å². The third-order valence-corrected chi connectivity index (χ3v) is 10.5. The van der Waals surface area contributed by atoms with E-state index in [0.29, 0.717) is 12.0 Å². The van der Waals surface area contributed by atoms with Crippen molar-refractivity contribution < 1.29 is 37.3 Å². The molecule has 3 saturated carbocycles. The van der Waals surface area contributed by atoms with Gasteiger partial charge in [0.15, 0.2) is 21.5 Å². The number of nitrogens with one attached hydrogen (secondary N) is 1. The highest BCUT2D eigenvalue weighted by molar-refractivity contribution is 7.92. The number of amides is 1. The van der Waals surface area contributed by atoms with E-state index in [1.165, 1.54) is 30.6 Å². The van der Waals surface area contributed by atoms with Crippen molar-refractivity contribution in [1.82, 2.24) is 4.98 Å². The Balaban J connectivity index is 1.34. The molecule has 39 heavy (non-hydrogen) atoms. The molecule has 3 aromatic rings. The van der Waals surface area contributed by atoms with Crippen molar-refractivity contribution in [1.29, 1.82) is 0 Å². The summed E-state index contributed by atoms with van der Waals surface area (Å²) in [6.07, 6.45) is 0.487. The maximum absolute atomic E-state index is 13.6. The molecule has 3 aliphatic rings. The average Bonchev–Trinajstić information content (AvgIpc) is 2.94. The van der Waals surface area contributed by atoms with E-state index < -0.39 is 62.3 Å². The van der Waals surface area contributed by atoms with Crippen LogP contribution in [-0.4, -0.2) is 51.6 Å². The van der Waals surface area contributed by atoms with Gasteiger partial charge in [-0.25, -0.2) is 17.2 Å². The van der Waals surface area contributed by atoms with Crippen molar-refractivity contribution in [2.45, 2.75) is 47.2 Å².